The van der Waals surface area contributed by atoms with Crippen molar-refractivity contribution >= 4 is 22.2 Å². The second-order valence-electron chi connectivity index (χ2n) is 6.38. The number of rotatable bonds is 6. The van der Waals surface area contributed by atoms with Crippen LogP contribution in [-0.4, -0.2) is 67.5 Å². The van der Waals surface area contributed by atoms with E-state index in [0.29, 0.717) is 0 Å². The predicted octanol–water partition coefficient (Wildman–Crippen LogP) is 1.04. The molecule has 24 heavy (non-hydrogen) atoms. The van der Waals surface area contributed by atoms with E-state index in [2.05, 4.69) is 10.2 Å². The molecule has 0 aromatic heterocycles. The van der Waals surface area contributed by atoms with Gasteiger partial charge in [-0.15, -0.1) is 0 Å². The summed E-state index contributed by atoms with van der Waals surface area (Å²) in [6, 6.07) is 0. The first-order valence-corrected chi connectivity index (χ1v) is 10.6. The zero-order valence-electron chi connectivity index (χ0n) is 14.5. The summed E-state index contributed by atoms with van der Waals surface area (Å²) in [6.07, 6.45) is 7.55. The Balaban J connectivity index is 0.000000891. The summed E-state index contributed by atoms with van der Waals surface area (Å²) >= 11 is 0. The second-order valence-corrected chi connectivity index (χ2v) is 8.86. The third-order valence-electron chi connectivity index (χ3n) is 4.95. The molecule has 1 heterocycles. The van der Waals surface area contributed by atoms with Crippen molar-refractivity contribution < 1.29 is 23.1 Å². The normalized spacial score (nSPS) is 20.7. The topological polar surface area (TPSA) is 104 Å². The maximum atomic E-state index is 12.7. The minimum Gasteiger partial charge on any atom is -0.483 e. The molecule has 0 radical (unpaired) electrons. The molecule has 2 N–H and O–H groups in total. The number of carboxylic acid groups (broad SMARTS) is 1. The molecule has 0 bridgehead atoms. The molecular formula is C16H30N2O5S. The first-order chi connectivity index (χ1) is 11.4. The zero-order valence-corrected chi connectivity index (χ0v) is 15.3. The van der Waals surface area contributed by atoms with Gasteiger partial charge in [0.15, 0.2) is 9.84 Å². The lowest BCUT2D eigenvalue weighted by molar-refractivity contribution is -0.135. The lowest BCUT2D eigenvalue weighted by atomic mass is 9.79. The van der Waals surface area contributed by atoms with Crippen molar-refractivity contribution in [2.24, 2.45) is 0 Å². The van der Waals surface area contributed by atoms with Crippen LogP contribution in [0.3, 0.4) is 0 Å². The Morgan fingerprint density at radius 2 is 1.71 bits per heavy atom. The maximum Gasteiger partial charge on any atom is 0.290 e. The van der Waals surface area contributed by atoms with Gasteiger partial charge in [-0.1, -0.05) is 26.2 Å². The van der Waals surface area contributed by atoms with Gasteiger partial charge in [0.1, 0.15) is 5.54 Å². The molecule has 1 aliphatic carbocycles. The van der Waals surface area contributed by atoms with Crippen LogP contribution >= 0.6 is 0 Å². The minimum absolute atomic E-state index is 0.0469. The van der Waals surface area contributed by atoms with Crippen molar-refractivity contribution in [3.8, 4) is 0 Å². The Kier molecular flexibility index (Phi) is 8.69. The molecule has 2 fully saturated rings. The second kappa shape index (κ2) is 9.98. The Labute approximate surface area is 144 Å². The van der Waals surface area contributed by atoms with Gasteiger partial charge >= 0.3 is 0 Å². The third-order valence-corrected chi connectivity index (χ3v) is 6.66. The van der Waals surface area contributed by atoms with Crippen molar-refractivity contribution in [1.82, 2.24) is 10.2 Å². The summed E-state index contributed by atoms with van der Waals surface area (Å²) in [6.45, 7) is 3.63. The summed E-state index contributed by atoms with van der Waals surface area (Å²) in [5.74, 6) is 0.237. The van der Waals surface area contributed by atoms with Crippen LogP contribution in [0.2, 0.25) is 0 Å². The minimum atomic E-state index is -3.01. The first kappa shape index (κ1) is 20.9. The van der Waals surface area contributed by atoms with Gasteiger partial charge in [-0.25, -0.2) is 8.42 Å². The SMILES string of the molecule is CCS(=O)(=O)CCNC(=O)C1(N2CCCC2)CCCCC1.O=CO. The van der Waals surface area contributed by atoms with E-state index in [1.165, 1.54) is 19.3 Å². The predicted molar refractivity (Wildman–Crippen MR) is 92.7 cm³/mol. The van der Waals surface area contributed by atoms with E-state index < -0.39 is 9.84 Å². The molecule has 1 saturated heterocycles. The molecule has 2 rings (SSSR count). The summed E-state index contributed by atoms with van der Waals surface area (Å²) in [4.78, 5) is 23.4. The zero-order chi connectivity index (χ0) is 18.1. The first-order valence-electron chi connectivity index (χ1n) is 8.73. The quantitative estimate of drug-likeness (QED) is 0.684. The van der Waals surface area contributed by atoms with E-state index in [1.54, 1.807) is 6.92 Å². The van der Waals surface area contributed by atoms with Crippen molar-refractivity contribution in [3.63, 3.8) is 0 Å². The standard InChI is InChI=1S/C15H28N2O3S.CH2O2/c1-2-21(19,20)13-10-16-14(18)15(8-4-3-5-9-15)17-11-6-7-12-17;2-1-3/h2-13H2,1H3,(H,16,18);1H,(H,2,3). The number of nitrogens with zero attached hydrogens (tertiary/aromatic N) is 1. The number of nitrogens with one attached hydrogen (secondary N) is 1. The van der Waals surface area contributed by atoms with Crippen LogP contribution in [0.1, 0.15) is 51.9 Å². The summed E-state index contributed by atoms with van der Waals surface area (Å²) in [5.41, 5.74) is -0.370. The maximum absolute atomic E-state index is 12.7. The van der Waals surface area contributed by atoms with Gasteiger partial charge in [0.05, 0.1) is 5.75 Å². The van der Waals surface area contributed by atoms with Gasteiger partial charge in [-0.05, 0) is 38.8 Å². The van der Waals surface area contributed by atoms with Crippen LogP contribution < -0.4 is 5.32 Å². The number of hydrogen-bond donors (Lipinski definition) is 2. The molecule has 2 aliphatic rings. The molecule has 0 atom stereocenters. The fraction of sp³-hybridized carbons (Fsp3) is 0.875. The molecule has 0 spiro atoms. The lowest BCUT2D eigenvalue weighted by Gasteiger charge is -2.43. The molecule has 1 aliphatic heterocycles. The van der Waals surface area contributed by atoms with Gasteiger partial charge < -0.3 is 10.4 Å². The summed E-state index contributed by atoms with van der Waals surface area (Å²) < 4.78 is 23.1. The Morgan fingerprint density at radius 1 is 1.17 bits per heavy atom. The van der Waals surface area contributed by atoms with Crippen molar-refractivity contribution in [2.75, 3.05) is 31.1 Å². The van der Waals surface area contributed by atoms with Crippen LogP contribution in [0.4, 0.5) is 0 Å². The number of sulfone groups is 1. The van der Waals surface area contributed by atoms with Gasteiger partial charge in [-0.2, -0.15) is 0 Å². The Morgan fingerprint density at radius 3 is 2.21 bits per heavy atom. The molecule has 1 saturated carbocycles. The Hall–Kier alpha value is -1.15. The lowest BCUT2D eigenvalue weighted by Crippen LogP contribution is -2.59. The van der Waals surface area contributed by atoms with E-state index in [1.807, 2.05) is 0 Å². The van der Waals surface area contributed by atoms with E-state index in [4.69, 9.17) is 9.90 Å². The smallest absolute Gasteiger partial charge is 0.290 e. The van der Waals surface area contributed by atoms with Crippen molar-refractivity contribution in [3.05, 3.63) is 0 Å². The van der Waals surface area contributed by atoms with Crippen molar-refractivity contribution in [1.29, 1.82) is 0 Å². The third kappa shape index (κ3) is 5.73. The monoisotopic (exact) mass is 362 g/mol. The Bertz CT molecular complexity index is 495. The fourth-order valence-electron chi connectivity index (χ4n) is 3.60. The molecule has 0 aromatic carbocycles. The van der Waals surface area contributed by atoms with E-state index in [9.17, 15) is 13.2 Å². The number of likely N-dealkylation sites (tertiary alicyclic amines) is 1. The van der Waals surface area contributed by atoms with E-state index in [0.717, 1.165) is 38.8 Å². The van der Waals surface area contributed by atoms with Crippen LogP contribution in [-0.2, 0) is 19.4 Å². The molecule has 7 nitrogen and oxygen atoms in total. The number of amides is 1. The average molecular weight is 362 g/mol. The highest BCUT2D eigenvalue weighted by atomic mass is 32.2. The molecule has 140 valence electrons. The van der Waals surface area contributed by atoms with Crippen LogP contribution in [0.25, 0.3) is 0 Å². The molecule has 8 heteroatoms. The average Bonchev–Trinajstić information content (AvgIpc) is 3.11. The van der Waals surface area contributed by atoms with Gasteiger partial charge in [0, 0.05) is 12.3 Å². The molecule has 0 unspecified atom stereocenters. The van der Waals surface area contributed by atoms with Gasteiger partial charge in [0.25, 0.3) is 6.47 Å². The largest absolute Gasteiger partial charge is 0.483 e. The highest BCUT2D eigenvalue weighted by Gasteiger charge is 2.45. The summed E-state index contributed by atoms with van der Waals surface area (Å²) in [7, 11) is -3.01. The fourth-order valence-corrected chi connectivity index (χ4v) is 4.30. The van der Waals surface area contributed by atoms with E-state index in [-0.39, 0.29) is 36.0 Å². The number of hydrogen-bond acceptors (Lipinski definition) is 5. The van der Waals surface area contributed by atoms with Crippen LogP contribution in [0.5, 0.6) is 0 Å². The van der Waals surface area contributed by atoms with Gasteiger partial charge in [0.2, 0.25) is 5.91 Å². The molecular weight excluding hydrogens is 332 g/mol. The summed E-state index contributed by atoms with van der Waals surface area (Å²) in [5, 5.41) is 9.79. The van der Waals surface area contributed by atoms with Crippen LogP contribution in [0, 0.1) is 0 Å². The van der Waals surface area contributed by atoms with Crippen LogP contribution in [0.15, 0.2) is 0 Å². The van der Waals surface area contributed by atoms with E-state index >= 15 is 0 Å². The van der Waals surface area contributed by atoms with Crippen molar-refractivity contribution in [2.45, 2.75) is 57.4 Å². The highest BCUT2D eigenvalue weighted by Crippen LogP contribution is 2.36. The molecule has 0 aromatic rings. The van der Waals surface area contributed by atoms with Gasteiger partial charge in [-0.3, -0.25) is 14.5 Å². The highest BCUT2D eigenvalue weighted by molar-refractivity contribution is 7.91. The number of carbonyl (C=O) groups excluding carboxylic acids is 1. The molecule has 1 amide bonds. The number of carbonyl (C=O) groups is 2.